The summed E-state index contributed by atoms with van der Waals surface area (Å²) in [4.78, 5) is 6.52. The van der Waals surface area contributed by atoms with Crippen molar-refractivity contribution in [1.29, 1.82) is 0 Å². The predicted octanol–water partition coefficient (Wildman–Crippen LogP) is 3.70. The van der Waals surface area contributed by atoms with E-state index in [-0.39, 0.29) is 0 Å². The van der Waals surface area contributed by atoms with Crippen LogP contribution in [0.3, 0.4) is 0 Å². The SMILES string of the molecule is Clc1cc(Br)cnc1Oc1ccc(N2CCNCC2)cc1. The summed E-state index contributed by atoms with van der Waals surface area (Å²) in [6.45, 7) is 4.11. The molecule has 6 heteroatoms. The minimum atomic E-state index is 0.412. The molecule has 2 aromatic rings. The van der Waals surface area contributed by atoms with Crippen LogP contribution < -0.4 is 15.0 Å². The molecule has 3 rings (SSSR count). The summed E-state index contributed by atoms with van der Waals surface area (Å²) in [6.07, 6.45) is 1.66. The molecule has 1 saturated heterocycles. The Kier molecular flexibility index (Phi) is 4.63. The minimum Gasteiger partial charge on any atom is -0.438 e. The molecule has 1 N–H and O–H groups in total. The zero-order valence-corrected chi connectivity index (χ0v) is 13.7. The summed E-state index contributed by atoms with van der Waals surface area (Å²) < 4.78 is 6.54. The molecule has 2 heterocycles. The van der Waals surface area contributed by atoms with E-state index in [0.29, 0.717) is 10.9 Å². The Hall–Kier alpha value is -1.30. The molecule has 1 aliphatic heterocycles. The molecular formula is C15H15BrClN3O. The van der Waals surface area contributed by atoms with Crippen molar-refractivity contribution in [3.63, 3.8) is 0 Å². The van der Waals surface area contributed by atoms with Crippen LogP contribution in [0.4, 0.5) is 5.69 Å². The molecule has 0 spiro atoms. The average Bonchev–Trinajstić information content (AvgIpc) is 2.52. The lowest BCUT2D eigenvalue weighted by atomic mass is 10.2. The molecule has 0 unspecified atom stereocenters. The number of hydrogen-bond acceptors (Lipinski definition) is 4. The van der Waals surface area contributed by atoms with Gasteiger partial charge in [0.1, 0.15) is 10.8 Å². The number of hydrogen-bond donors (Lipinski definition) is 1. The van der Waals surface area contributed by atoms with Gasteiger partial charge in [0.2, 0.25) is 5.88 Å². The zero-order chi connectivity index (χ0) is 14.7. The maximum absolute atomic E-state index is 6.10. The maximum atomic E-state index is 6.10. The lowest BCUT2D eigenvalue weighted by Gasteiger charge is -2.29. The Morgan fingerprint density at radius 3 is 2.57 bits per heavy atom. The Balaban J connectivity index is 1.71. The highest BCUT2D eigenvalue weighted by atomic mass is 79.9. The van der Waals surface area contributed by atoms with Gasteiger partial charge in [-0.2, -0.15) is 0 Å². The molecule has 110 valence electrons. The topological polar surface area (TPSA) is 37.4 Å². The number of ether oxygens (including phenoxy) is 1. The van der Waals surface area contributed by atoms with Crippen LogP contribution in [-0.4, -0.2) is 31.2 Å². The number of pyridine rings is 1. The van der Waals surface area contributed by atoms with E-state index < -0.39 is 0 Å². The van der Waals surface area contributed by atoms with Gasteiger partial charge in [0, 0.05) is 42.5 Å². The van der Waals surface area contributed by atoms with E-state index in [1.807, 2.05) is 12.1 Å². The molecular weight excluding hydrogens is 354 g/mol. The van der Waals surface area contributed by atoms with Gasteiger partial charge in [-0.25, -0.2) is 4.98 Å². The standard InChI is InChI=1S/C15H15BrClN3O/c16-11-9-14(17)15(19-10-11)21-13-3-1-12(2-4-13)20-7-5-18-6-8-20/h1-4,9-10,18H,5-8H2. The van der Waals surface area contributed by atoms with E-state index in [1.54, 1.807) is 12.3 Å². The van der Waals surface area contributed by atoms with Gasteiger partial charge < -0.3 is 15.0 Å². The van der Waals surface area contributed by atoms with Gasteiger partial charge in [0.15, 0.2) is 0 Å². The van der Waals surface area contributed by atoms with Crippen molar-refractivity contribution in [3.8, 4) is 11.6 Å². The van der Waals surface area contributed by atoms with Gasteiger partial charge in [-0.1, -0.05) is 11.6 Å². The number of halogens is 2. The normalized spacial score (nSPS) is 15.0. The molecule has 0 amide bonds. The summed E-state index contributed by atoms with van der Waals surface area (Å²) >= 11 is 9.42. The molecule has 0 atom stereocenters. The van der Waals surface area contributed by atoms with Crippen LogP contribution in [0.5, 0.6) is 11.6 Å². The Morgan fingerprint density at radius 2 is 1.90 bits per heavy atom. The number of nitrogens with one attached hydrogen (secondary N) is 1. The first-order valence-electron chi connectivity index (χ1n) is 6.77. The van der Waals surface area contributed by atoms with Crippen molar-refractivity contribution in [2.75, 3.05) is 31.1 Å². The number of aromatic nitrogens is 1. The maximum Gasteiger partial charge on any atom is 0.238 e. The van der Waals surface area contributed by atoms with E-state index >= 15 is 0 Å². The fourth-order valence-electron chi connectivity index (χ4n) is 2.24. The molecule has 1 aromatic carbocycles. The van der Waals surface area contributed by atoms with Crippen LogP contribution in [0.2, 0.25) is 5.02 Å². The van der Waals surface area contributed by atoms with E-state index in [9.17, 15) is 0 Å². The third-order valence-corrected chi connectivity index (χ3v) is 4.01. The van der Waals surface area contributed by atoms with Crippen molar-refractivity contribution >= 4 is 33.2 Å². The van der Waals surface area contributed by atoms with Crippen LogP contribution in [0.25, 0.3) is 0 Å². The molecule has 0 bridgehead atoms. The fraction of sp³-hybridized carbons (Fsp3) is 0.267. The first kappa shape index (κ1) is 14.6. The number of piperazine rings is 1. The summed E-state index contributed by atoms with van der Waals surface area (Å²) in [5, 5.41) is 3.83. The number of benzene rings is 1. The molecule has 4 nitrogen and oxygen atoms in total. The second kappa shape index (κ2) is 6.64. The average molecular weight is 369 g/mol. The minimum absolute atomic E-state index is 0.412. The van der Waals surface area contributed by atoms with Crippen molar-refractivity contribution in [2.45, 2.75) is 0 Å². The molecule has 0 saturated carbocycles. The highest BCUT2D eigenvalue weighted by Crippen LogP contribution is 2.30. The molecule has 21 heavy (non-hydrogen) atoms. The Morgan fingerprint density at radius 1 is 1.19 bits per heavy atom. The molecule has 1 aliphatic rings. The zero-order valence-electron chi connectivity index (χ0n) is 11.4. The highest BCUT2D eigenvalue weighted by Gasteiger charge is 2.11. The largest absolute Gasteiger partial charge is 0.438 e. The lowest BCUT2D eigenvalue weighted by molar-refractivity contribution is 0.463. The van der Waals surface area contributed by atoms with Crippen LogP contribution in [0.15, 0.2) is 41.0 Å². The van der Waals surface area contributed by atoms with Gasteiger partial charge >= 0.3 is 0 Å². The molecule has 1 fully saturated rings. The fourth-order valence-corrected chi connectivity index (χ4v) is 2.90. The number of anilines is 1. The second-order valence-electron chi connectivity index (χ2n) is 4.77. The van der Waals surface area contributed by atoms with Crippen molar-refractivity contribution in [2.24, 2.45) is 0 Å². The first-order valence-corrected chi connectivity index (χ1v) is 7.94. The van der Waals surface area contributed by atoms with Gasteiger partial charge in [-0.3, -0.25) is 0 Å². The Bertz CT molecular complexity index is 615. The second-order valence-corrected chi connectivity index (χ2v) is 6.10. The first-order chi connectivity index (χ1) is 10.2. The molecule has 0 radical (unpaired) electrons. The quantitative estimate of drug-likeness (QED) is 0.896. The van der Waals surface area contributed by atoms with E-state index in [2.05, 4.69) is 43.3 Å². The predicted molar refractivity (Wildman–Crippen MR) is 88.5 cm³/mol. The van der Waals surface area contributed by atoms with Gasteiger partial charge in [0.25, 0.3) is 0 Å². The van der Waals surface area contributed by atoms with E-state index in [1.165, 1.54) is 5.69 Å². The van der Waals surface area contributed by atoms with Crippen molar-refractivity contribution in [1.82, 2.24) is 10.3 Å². The van der Waals surface area contributed by atoms with Crippen molar-refractivity contribution < 1.29 is 4.74 Å². The van der Waals surface area contributed by atoms with Gasteiger partial charge in [-0.05, 0) is 46.3 Å². The summed E-state index contributed by atoms with van der Waals surface area (Å²) in [7, 11) is 0. The van der Waals surface area contributed by atoms with Crippen LogP contribution in [0, 0.1) is 0 Å². The Labute approximate surface area is 137 Å². The third-order valence-electron chi connectivity index (χ3n) is 3.31. The summed E-state index contributed by atoms with van der Waals surface area (Å²) in [5.41, 5.74) is 1.21. The van der Waals surface area contributed by atoms with Crippen LogP contribution >= 0.6 is 27.5 Å². The van der Waals surface area contributed by atoms with E-state index in [0.717, 1.165) is 36.4 Å². The monoisotopic (exact) mass is 367 g/mol. The van der Waals surface area contributed by atoms with Crippen LogP contribution in [0.1, 0.15) is 0 Å². The third kappa shape index (κ3) is 3.67. The molecule has 1 aromatic heterocycles. The van der Waals surface area contributed by atoms with Gasteiger partial charge in [0.05, 0.1) is 0 Å². The molecule has 0 aliphatic carbocycles. The smallest absolute Gasteiger partial charge is 0.238 e. The van der Waals surface area contributed by atoms with Crippen LogP contribution in [-0.2, 0) is 0 Å². The van der Waals surface area contributed by atoms with Crippen molar-refractivity contribution in [3.05, 3.63) is 46.0 Å². The summed E-state index contributed by atoms with van der Waals surface area (Å²) in [6, 6.07) is 9.77. The number of rotatable bonds is 3. The van der Waals surface area contributed by atoms with E-state index in [4.69, 9.17) is 16.3 Å². The lowest BCUT2D eigenvalue weighted by Crippen LogP contribution is -2.43. The highest BCUT2D eigenvalue weighted by molar-refractivity contribution is 9.10. The number of nitrogens with zero attached hydrogens (tertiary/aromatic N) is 2. The van der Waals surface area contributed by atoms with Gasteiger partial charge in [-0.15, -0.1) is 0 Å². The summed E-state index contributed by atoms with van der Waals surface area (Å²) in [5.74, 6) is 1.14.